The number of methoxy groups -OCH3 is 3. The van der Waals surface area contributed by atoms with Gasteiger partial charge in [-0.15, -0.1) is 0 Å². The van der Waals surface area contributed by atoms with E-state index in [0.29, 0.717) is 11.3 Å². The van der Waals surface area contributed by atoms with Crippen LogP contribution < -0.4 is 24.4 Å². The summed E-state index contributed by atoms with van der Waals surface area (Å²) in [6.07, 6.45) is -7.63. The minimum atomic E-state index is -1.68. The second-order valence-corrected chi connectivity index (χ2v) is 7.80. The number of fused-ring (bicyclic) bond motifs is 1. The zero-order chi connectivity index (χ0) is 25.3. The third-order valence-electron chi connectivity index (χ3n) is 5.77. The van der Waals surface area contributed by atoms with Gasteiger partial charge in [0.15, 0.2) is 16.8 Å². The first-order chi connectivity index (χ1) is 16.8. The van der Waals surface area contributed by atoms with E-state index < -0.39 is 42.7 Å². The molecule has 0 radical (unpaired) electrons. The zero-order valence-corrected chi connectivity index (χ0v) is 19.2. The molecule has 1 aliphatic heterocycles. The number of hydrogen-bond donors (Lipinski definition) is 4. The fraction of sp³-hybridized carbons (Fsp3) is 0.375. The van der Waals surface area contributed by atoms with Crippen molar-refractivity contribution < 1.29 is 48.5 Å². The summed E-state index contributed by atoms with van der Waals surface area (Å²) in [5, 5.41) is 39.9. The van der Waals surface area contributed by atoms with Gasteiger partial charge in [-0.25, -0.2) is 0 Å². The molecule has 3 aromatic rings. The van der Waals surface area contributed by atoms with Crippen LogP contribution in [-0.4, -0.2) is 79.1 Å². The minimum absolute atomic E-state index is 0.000142. The Hall–Kier alpha value is -3.35. The highest BCUT2D eigenvalue weighted by atomic mass is 16.7. The molecule has 1 aliphatic rings. The van der Waals surface area contributed by atoms with Crippen LogP contribution in [0.15, 0.2) is 45.6 Å². The number of rotatable bonds is 7. The lowest BCUT2D eigenvalue weighted by Gasteiger charge is -2.39. The Morgan fingerprint density at radius 3 is 2.26 bits per heavy atom. The minimum Gasteiger partial charge on any atom is -0.496 e. The molecule has 0 saturated carbocycles. The summed E-state index contributed by atoms with van der Waals surface area (Å²) in [6.45, 7) is -0.637. The van der Waals surface area contributed by atoms with Crippen LogP contribution in [0.2, 0.25) is 0 Å². The van der Waals surface area contributed by atoms with Gasteiger partial charge in [0.1, 0.15) is 47.1 Å². The maximum atomic E-state index is 13.3. The second kappa shape index (κ2) is 10.1. The monoisotopic (exact) mass is 490 g/mol. The lowest BCUT2D eigenvalue weighted by Crippen LogP contribution is -2.60. The summed E-state index contributed by atoms with van der Waals surface area (Å²) in [6, 6.07) is 9.58. The molecular formula is C24H26O11. The van der Waals surface area contributed by atoms with Gasteiger partial charge in [0.2, 0.25) is 12.0 Å². The van der Waals surface area contributed by atoms with Crippen molar-refractivity contribution in [2.45, 2.75) is 30.7 Å². The predicted molar refractivity (Wildman–Crippen MR) is 122 cm³/mol. The van der Waals surface area contributed by atoms with Crippen molar-refractivity contribution in [1.82, 2.24) is 0 Å². The van der Waals surface area contributed by atoms with Crippen LogP contribution in [-0.2, 0) is 4.74 Å². The van der Waals surface area contributed by atoms with Crippen LogP contribution in [0.4, 0.5) is 0 Å². The van der Waals surface area contributed by atoms with Gasteiger partial charge in [0.25, 0.3) is 0 Å². The third-order valence-corrected chi connectivity index (χ3v) is 5.77. The van der Waals surface area contributed by atoms with Crippen molar-refractivity contribution in [3.63, 3.8) is 0 Å². The molecule has 35 heavy (non-hydrogen) atoms. The number of para-hydroxylation sites is 1. The van der Waals surface area contributed by atoms with Crippen molar-refractivity contribution in [2.24, 2.45) is 0 Å². The van der Waals surface area contributed by atoms with Crippen LogP contribution in [0.3, 0.4) is 0 Å². The van der Waals surface area contributed by atoms with Crippen molar-refractivity contribution in [3.05, 3.63) is 46.6 Å². The van der Waals surface area contributed by atoms with E-state index in [1.807, 2.05) is 0 Å². The molecule has 1 fully saturated rings. The molecule has 5 atom stereocenters. The highest BCUT2D eigenvalue weighted by Crippen LogP contribution is 2.43. The summed E-state index contributed by atoms with van der Waals surface area (Å²) in [4.78, 5) is 13.3. The molecule has 0 bridgehead atoms. The average Bonchev–Trinajstić information content (AvgIpc) is 2.88. The smallest absolute Gasteiger partial charge is 0.229 e. The fourth-order valence-electron chi connectivity index (χ4n) is 3.96. The van der Waals surface area contributed by atoms with Crippen LogP contribution >= 0.6 is 0 Å². The number of aliphatic hydroxyl groups is 4. The Morgan fingerprint density at radius 1 is 0.886 bits per heavy atom. The molecule has 2 aromatic carbocycles. The van der Waals surface area contributed by atoms with E-state index in [1.54, 1.807) is 24.3 Å². The lowest BCUT2D eigenvalue weighted by atomic mass is 9.99. The zero-order valence-electron chi connectivity index (χ0n) is 19.2. The van der Waals surface area contributed by atoms with E-state index in [2.05, 4.69) is 0 Å². The number of aliphatic hydroxyl groups excluding tert-OH is 4. The molecule has 0 aliphatic carbocycles. The molecule has 188 valence electrons. The average molecular weight is 490 g/mol. The van der Waals surface area contributed by atoms with E-state index in [0.717, 1.165) is 0 Å². The van der Waals surface area contributed by atoms with E-state index in [4.69, 9.17) is 28.1 Å². The molecular weight excluding hydrogens is 464 g/mol. The summed E-state index contributed by atoms with van der Waals surface area (Å²) in [5.41, 5.74) is 0.0165. The summed E-state index contributed by atoms with van der Waals surface area (Å²) in [7, 11) is 4.25. The predicted octanol–water partition coefficient (Wildman–Crippen LogP) is 0.664. The van der Waals surface area contributed by atoms with Gasteiger partial charge < -0.3 is 48.5 Å². The molecule has 11 heteroatoms. The van der Waals surface area contributed by atoms with Gasteiger partial charge in [-0.1, -0.05) is 12.1 Å². The Labute approximate surface area is 199 Å². The molecule has 4 rings (SSSR count). The Bertz CT molecular complexity index is 1250. The van der Waals surface area contributed by atoms with Crippen LogP contribution in [0.25, 0.3) is 22.3 Å². The van der Waals surface area contributed by atoms with Crippen molar-refractivity contribution in [1.29, 1.82) is 0 Å². The van der Waals surface area contributed by atoms with Gasteiger partial charge in [-0.2, -0.15) is 0 Å². The number of benzene rings is 2. The summed E-state index contributed by atoms with van der Waals surface area (Å²) in [5.74, 6) is 0.861. The third kappa shape index (κ3) is 4.40. The standard InChI is InChI=1S/C24H26O11/c1-30-13-7-5-4-6-11(13)14-8-12(26)18-15(9-16(31-2)22(32-3)23(18)33-14)34-24-21(29)20(28)19(27)17(10-25)35-24/h4-9,17,19-21,24-25,27-29H,10H2,1-3H3/t17-,19-,20-,21-,24+/m1/s1. The van der Waals surface area contributed by atoms with Crippen molar-refractivity contribution in [3.8, 4) is 34.3 Å². The molecule has 0 unspecified atom stereocenters. The summed E-state index contributed by atoms with van der Waals surface area (Å²) < 4.78 is 33.5. The highest BCUT2D eigenvalue weighted by molar-refractivity contribution is 5.92. The fourth-order valence-corrected chi connectivity index (χ4v) is 3.96. The Balaban J connectivity index is 1.88. The van der Waals surface area contributed by atoms with E-state index in [1.165, 1.54) is 33.5 Å². The van der Waals surface area contributed by atoms with Gasteiger partial charge >= 0.3 is 0 Å². The van der Waals surface area contributed by atoms with Gasteiger partial charge in [0.05, 0.1) is 33.5 Å². The summed E-state index contributed by atoms with van der Waals surface area (Å²) >= 11 is 0. The normalized spacial score (nSPS) is 24.3. The topological polar surface area (TPSA) is 157 Å². The van der Waals surface area contributed by atoms with Crippen molar-refractivity contribution in [2.75, 3.05) is 27.9 Å². The van der Waals surface area contributed by atoms with Gasteiger partial charge in [-0.3, -0.25) is 4.79 Å². The Morgan fingerprint density at radius 2 is 1.60 bits per heavy atom. The van der Waals surface area contributed by atoms with Gasteiger partial charge in [-0.05, 0) is 12.1 Å². The maximum Gasteiger partial charge on any atom is 0.229 e. The van der Waals surface area contributed by atoms with Crippen molar-refractivity contribution >= 4 is 11.0 Å². The molecule has 4 N–H and O–H groups in total. The molecule has 2 heterocycles. The lowest BCUT2D eigenvalue weighted by molar-refractivity contribution is -0.277. The second-order valence-electron chi connectivity index (χ2n) is 7.80. The largest absolute Gasteiger partial charge is 0.496 e. The first kappa shape index (κ1) is 24.8. The van der Waals surface area contributed by atoms with Crippen LogP contribution in [0.5, 0.6) is 23.0 Å². The Kier molecular flexibility index (Phi) is 7.15. The molecule has 1 aromatic heterocycles. The van der Waals surface area contributed by atoms with E-state index >= 15 is 0 Å². The van der Waals surface area contributed by atoms with E-state index in [9.17, 15) is 25.2 Å². The van der Waals surface area contributed by atoms with Crippen LogP contribution in [0, 0.1) is 0 Å². The molecule has 0 spiro atoms. The van der Waals surface area contributed by atoms with E-state index in [-0.39, 0.29) is 34.0 Å². The number of hydrogen-bond acceptors (Lipinski definition) is 11. The molecule has 11 nitrogen and oxygen atoms in total. The van der Waals surface area contributed by atoms with Crippen LogP contribution in [0.1, 0.15) is 0 Å². The molecule has 1 saturated heterocycles. The first-order valence-corrected chi connectivity index (χ1v) is 10.7. The SMILES string of the molecule is COc1ccccc1-c1cc(=O)c2c(O[C@H]3O[C@H](CO)[C@@H](O)[C@@H](O)[C@H]3O)cc(OC)c(OC)c2o1. The van der Waals surface area contributed by atoms with Gasteiger partial charge in [0, 0.05) is 12.1 Å². The number of ether oxygens (including phenoxy) is 5. The maximum absolute atomic E-state index is 13.3. The first-order valence-electron chi connectivity index (χ1n) is 10.7. The molecule has 0 amide bonds. The highest BCUT2D eigenvalue weighted by Gasteiger charge is 2.45. The quantitative estimate of drug-likeness (QED) is 0.369.